The molecule has 0 N–H and O–H groups in total. The Bertz CT molecular complexity index is 843. The van der Waals surface area contributed by atoms with Crippen LogP contribution in [0.1, 0.15) is 56.2 Å². The second kappa shape index (κ2) is 6.09. The number of hydrogen-bond donors (Lipinski definition) is 0. The highest BCUT2D eigenvalue weighted by atomic mass is 16.6. The van der Waals surface area contributed by atoms with E-state index in [1.165, 1.54) is 0 Å². The molecule has 0 aromatic heterocycles. The molecule has 0 unspecified atom stereocenters. The zero-order chi connectivity index (χ0) is 17.3. The Kier molecular flexibility index (Phi) is 4.11. The lowest BCUT2D eigenvalue weighted by molar-refractivity contribution is -0.384. The first-order valence-corrected chi connectivity index (χ1v) is 8.41. The predicted molar refractivity (Wildman–Crippen MR) is 93.8 cm³/mol. The Balaban J connectivity index is 2.33. The van der Waals surface area contributed by atoms with Crippen molar-refractivity contribution in [3.63, 3.8) is 0 Å². The van der Waals surface area contributed by atoms with Gasteiger partial charge in [-0.2, -0.15) is 5.26 Å². The summed E-state index contributed by atoms with van der Waals surface area (Å²) >= 11 is 0. The molecule has 4 heteroatoms. The van der Waals surface area contributed by atoms with E-state index in [4.69, 9.17) is 0 Å². The standard InChI is InChI=1S/C20H20N2O2/c1-3-9-20(10-4-2)18-11-14(13-21)5-7-16(18)17-8-6-15(22(23)24)12-19(17)20/h5-8,11-12H,3-4,9-10H2,1-2H3. The lowest BCUT2D eigenvalue weighted by Crippen LogP contribution is -2.25. The van der Waals surface area contributed by atoms with Gasteiger partial charge in [-0.15, -0.1) is 0 Å². The molecule has 3 rings (SSSR count). The van der Waals surface area contributed by atoms with Gasteiger partial charge in [0.05, 0.1) is 16.6 Å². The summed E-state index contributed by atoms with van der Waals surface area (Å²) in [6, 6.07) is 13.2. The molecule has 1 aliphatic carbocycles. The molecular formula is C20H20N2O2. The van der Waals surface area contributed by atoms with Crippen LogP contribution in [0.25, 0.3) is 11.1 Å². The number of nitrogens with zero attached hydrogens (tertiary/aromatic N) is 2. The van der Waals surface area contributed by atoms with E-state index in [1.807, 2.05) is 24.3 Å². The molecule has 122 valence electrons. The summed E-state index contributed by atoms with van der Waals surface area (Å²) in [7, 11) is 0. The van der Waals surface area contributed by atoms with Crippen molar-refractivity contribution in [2.45, 2.75) is 44.9 Å². The minimum absolute atomic E-state index is 0.138. The Morgan fingerprint density at radius 1 is 1.04 bits per heavy atom. The lowest BCUT2D eigenvalue weighted by atomic mass is 9.71. The summed E-state index contributed by atoms with van der Waals surface area (Å²) in [5.74, 6) is 0. The Morgan fingerprint density at radius 3 is 2.17 bits per heavy atom. The fourth-order valence-electron chi connectivity index (χ4n) is 4.18. The Labute approximate surface area is 141 Å². The van der Waals surface area contributed by atoms with Gasteiger partial charge in [-0.25, -0.2) is 0 Å². The van der Waals surface area contributed by atoms with Crippen LogP contribution in [0.2, 0.25) is 0 Å². The minimum atomic E-state index is -0.327. The van der Waals surface area contributed by atoms with Crippen LogP contribution in [0, 0.1) is 21.4 Å². The highest BCUT2D eigenvalue weighted by molar-refractivity contribution is 5.82. The quantitative estimate of drug-likeness (QED) is 0.552. The van der Waals surface area contributed by atoms with Crippen molar-refractivity contribution in [3.05, 3.63) is 63.2 Å². The van der Waals surface area contributed by atoms with Gasteiger partial charge in [-0.3, -0.25) is 10.1 Å². The molecule has 0 heterocycles. The number of nitro benzene ring substituents is 1. The van der Waals surface area contributed by atoms with E-state index < -0.39 is 0 Å². The first-order valence-electron chi connectivity index (χ1n) is 8.41. The number of non-ortho nitro benzene ring substituents is 1. The van der Waals surface area contributed by atoms with Gasteiger partial charge in [-0.05, 0) is 53.3 Å². The number of rotatable bonds is 5. The summed E-state index contributed by atoms with van der Waals surface area (Å²) in [6.07, 6.45) is 3.82. The molecule has 0 fully saturated rings. The Hall–Kier alpha value is -2.67. The van der Waals surface area contributed by atoms with Crippen LogP contribution < -0.4 is 0 Å². The first-order chi connectivity index (χ1) is 11.6. The van der Waals surface area contributed by atoms with Crippen molar-refractivity contribution in [1.82, 2.24) is 0 Å². The topological polar surface area (TPSA) is 66.9 Å². The molecule has 2 aromatic rings. The van der Waals surface area contributed by atoms with E-state index in [-0.39, 0.29) is 16.0 Å². The van der Waals surface area contributed by atoms with Crippen LogP contribution in [-0.2, 0) is 5.41 Å². The van der Waals surface area contributed by atoms with Crippen molar-refractivity contribution in [2.24, 2.45) is 0 Å². The third kappa shape index (κ3) is 2.28. The van der Waals surface area contributed by atoms with E-state index in [2.05, 4.69) is 19.9 Å². The molecule has 0 radical (unpaired) electrons. The maximum atomic E-state index is 11.3. The zero-order valence-corrected chi connectivity index (χ0v) is 14.0. The average Bonchev–Trinajstić information content (AvgIpc) is 2.85. The number of fused-ring (bicyclic) bond motifs is 3. The number of nitro groups is 1. The fraction of sp³-hybridized carbons (Fsp3) is 0.350. The maximum absolute atomic E-state index is 11.3. The van der Waals surface area contributed by atoms with E-state index in [0.29, 0.717) is 5.56 Å². The van der Waals surface area contributed by atoms with Crippen molar-refractivity contribution in [3.8, 4) is 17.2 Å². The van der Waals surface area contributed by atoms with Gasteiger partial charge in [0.1, 0.15) is 0 Å². The predicted octanol–water partition coefficient (Wildman–Crippen LogP) is 5.33. The zero-order valence-electron chi connectivity index (χ0n) is 14.0. The van der Waals surface area contributed by atoms with Gasteiger partial charge >= 0.3 is 0 Å². The van der Waals surface area contributed by atoms with Gasteiger partial charge in [0.25, 0.3) is 5.69 Å². The summed E-state index contributed by atoms with van der Waals surface area (Å²) in [5, 5.41) is 20.6. The molecule has 0 bridgehead atoms. The molecule has 1 aliphatic rings. The van der Waals surface area contributed by atoms with Crippen molar-refractivity contribution in [1.29, 1.82) is 5.26 Å². The van der Waals surface area contributed by atoms with E-state index in [9.17, 15) is 15.4 Å². The van der Waals surface area contributed by atoms with Crippen LogP contribution in [-0.4, -0.2) is 4.92 Å². The van der Waals surface area contributed by atoms with E-state index >= 15 is 0 Å². The fourth-order valence-corrected chi connectivity index (χ4v) is 4.18. The SMILES string of the molecule is CCCC1(CCC)c2cc(C#N)ccc2-c2ccc([N+](=O)[O-])cc21. The normalized spacial score (nSPS) is 13.9. The van der Waals surface area contributed by atoms with Gasteiger partial charge in [0.15, 0.2) is 0 Å². The molecule has 2 aromatic carbocycles. The second-order valence-electron chi connectivity index (χ2n) is 6.44. The molecule has 0 amide bonds. The maximum Gasteiger partial charge on any atom is 0.269 e. The summed E-state index contributed by atoms with van der Waals surface area (Å²) in [5.41, 5.74) is 4.94. The largest absolute Gasteiger partial charge is 0.269 e. The van der Waals surface area contributed by atoms with Crippen LogP contribution in [0.4, 0.5) is 5.69 Å². The van der Waals surface area contributed by atoms with Crippen LogP contribution in [0.5, 0.6) is 0 Å². The number of nitriles is 1. The molecule has 0 spiro atoms. The Morgan fingerprint density at radius 2 is 1.62 bits per heavy atom. The molecule has 0 aliphatic heterocycles. The van der Waals surface area contributed by atoms with Gasteiger partial charge in [0.2, 0.25) is 0 Å². The molecule has 0 atom stereocenters. The van der Waals surface area contributed by atoms with Gasteiger partial charge in [0, 0.05) is 17.5 Å². The van der Waals surface area contributed by atoms with Gasteiger partial charge < -0.3 is 0 Å². The summed E-state index contributed by atoms with van der Waals surface area (Å²) < 4.78 is 0. The van der Waals surface area contributed by atoms with E-state index in [0.717, 1.165) is 47.9 Å². The van der Waals surface area contributed by atoms with Crippen molar-refractivity contribution >= 4 is 5.69 Å². The third-order valence-corrected chi connectivity index (χ3v) is 5.04. The third-order valence-electron chi connectivity index (χ3n) is 5.04. The summed E-state index contributed by atoms with van der Waals surface area (Å²) in [6.45, 7) is 4.28. The molecule has 4 nitrogen and oxygen atoms in total. The van der Waals surface area contributed by atoms with Gasteiger partial charge in [-0.1, -0.05) is 32.8 Å². The highest BCUT2D eigenvalue weighted by Gasteiger charge is 2.42. The monoisotopic (exact) mass is 320 g/mol. The first kappa shape index (κ1) is 16.2. The second-order valence-corrected chi connectivity index (χ2v) is 6.44. The smallest absolute Gasteiger partial charge is 0.258 e. The number of benzene rings is 2. The van der Waals surface area contributed by atoms with Crippen LogP contribution in [0.15, 0.2) is 36.4 Å². The lowest BCUT2D eigenvalue weighted by Gasteiger charge is -2.31. The summed E-state index contributed by atoms with van der Waals surface area (Å²) in [4.78, 5) is 10.9. The van der Waals surface area contributed by atoms with Crippen LogP contribution >= 0.6 is 0 Å². The highest BCUT2D eigenvalue weighted by Crippen LogP contribution is 2.54. The molecule has 0 saturated carbocycles. The van der Waals surface area contributed by atoms with Crippen LogP contribution in [0.3, 0.4) is 0 Å². The average molecular weight is 320 g/mol. The molecular weight excluding hydrogens is 300 g/mol. The molecule has 0 saturated heterocycles. The number of hydrogen-bond acceptors (Lipinski definition) is 3. The van der Waals surface area contributed by atoms with Crippen molar-refractivity contribution in [2.75, 3.05) is 0 Å². The van der Waals surface area contributed by atoms with Crippen molar-refractivity contribution < 1.29 is 4.92 Å². The minimum Gasteiger partial charge on any atom is -0.258 e. The van der Waals surface area contributed by atoms with E-state index in [1.54, 1.807) is 12.1 Å². The molecule has 24 heavy (non-hydrogen) atoms.